The van der Waals surface area contributed by atoms with Crippen LogP contribution in [0.3, 0.4) is 0 Å². The summed E-state index contributed by atoms with van der Waals surface area (Å²) in [6.45, 7) is 12.0. The summed E-state index contributed by atoms with van der Waals surface area (Å²) < 4.78 is 32.1. The summed E-state index contributed by atoms with van der Waals surface area (Å²) in [4.78, 5) is 14.8. The zero-order chi connectivity index (χ0) is 23.0. The van der Waals surface area contributed by atoms with Gasteiger partial charge >= 0.3 is 6.09 Å². The van der Waals surface area contributed by atoms with Gasteiger partial charge in [-0.25, -0.2) is 14.2 Å². The van der Waals surface area contributed by atoms with Gasteiger partial charge in [0.25, 0.3) is 0 Å². The van der Waals surface area contributed by atoms with E-state index in [1.54, 1.807) is 0 Å². The minimum absolute atomic E-state index is 0.0531. The average Bonchev–Trinajstić information content (AvgIpc) is 3.21. The van der Waals surface area contributed by atoms with E-state index in [2.05, 4.69) is 56.0 Å². The van der Waals surface area contributed by atoms with E-state index >= 15 is 0 Å². The topological polar surface area (TPSA) is 89.9 Å². The number of pyridine rings is 1. The van der Waals surface area contributed by atoms with E-state index in [1.807, 2.05) is 0 Å². The number of halogens is 2. The van der Waals surface area contributed by atoms with E-state index in [9.17, 15) is 9.18 Å². The van der Waals surface area contributed by atoms with Crippen molar-refractivity contribution in [2.24, 2.45) is 5.92 Å². The first kappa shape index (κ1) is 23.9. The van der Waals surface area contributed by atoms with Crippen molar-refractivity contribution in [3.05, 3.63) is 22.7 Å². The predicted octanol–water partition coefficient (Wildman–Crippen LogP) is 4.51. The molecule has 3 heterocycles. The van der Waals surface area contributed by atoms with E-state index in [0.29, 0.717) is 19.6 Å². The van der Waals surface area contributed by atoms with Gasteiger partial charge in [0.2, 0.25) is 0 Å². The first-order valence-electron chi connectivity index (χ1n) is 10.1. The molecular formula is C21H28ClFN2O5Si. The number of amides is 1. The van der Waals surface area contributed by atoms with Crippen LogP contribution in [0.25, 0.3) is 0 Å². The summed E-state index contributed by atoms with van der Waals surface area (Å²) in [5.41, 5.74) is 0.0122. The Balaban J connectivity index is 1.67. The zero-order valence-corrected chi connectivity index (χ0v) is 20.0. The van der Waals surface area contributed by atoms with Crippen LogP contribution in [-0.4, -0.2) is 56.0 Å². The third-order valence-corrected chi connectivity index (χ3v) is 10.9. The lowest BCUT2D eigenvalue weighted by Crippen LogP contribution is -2.47. The maximum Gasteiger partial charge on any atom is 0.409 e. The van der Waals surface area contributed by atoms with E-state index < -0.39 is 20.2 Å². The van der Waals surface area contributed by atoms with E-state index in [0.717, 1.165) is 6.07 Å². The molecule has 1 aromatic rings. The van der Waals surface area contributed by atoms with Gasteiger partial charge in [-0.2, -0.15) is 0 Å². The minimum atomic E-state index is -1.95. The van der Waals surface area contributed by atoms with Gasteiger partial charge < -0.3 is 19.0 Å². The zero-order valence-electron chi connectivity index (χ0n) is 18.3. The SMILES string of the molecule is CC(C)(C)[Si](C)(C)O[C@@H]1CO[C@@H]2C(CC#Cc3nc(Cl)c(F)cc3NC(=O)O)CO[C@@H]21. The number of hydrogen-bond acceptors (Lipinski definition) is 5. The van der Waals surface area contributed by atoms with Gasteiger partial charge in [0.05, 0.1) is 31.1 Å². The van der Waals surface area contributed by atoms with Crippen molar-refractivity contribution < 1.29 is 28.2 Å². The Labute approximate surface area is 187 Å². The van der Waals surface area contributed by atoms with Gasteiger partial charge in [0, 0.05) is 18.4 Å². The second-order valence-electron chi connectivity index (χ2n) is 9.37. The average molecular weight is 471 g/mol. The van der Waals surface area contributed by atoms with Crippen LogP contribution in [0.4, 0.5) is 14.9 Å². The molecule has 0 aromatic carbocycles. The van der Waals surface area contributed by atoms with Crippen LogP contribution in [0.1, 0.15) is 32.9 Å². The Kier molecular flexibility index (Phi) is 6.98. The molecule has 2 aliphatic rings. The molecule has 0 spiro atoms. The molecule has 0 radical (unpaired) electrons. The molecule has 3 rings (SSSR count). The second kappa shape index (κ2) is 9.04. The molecule has 2 aliphatic heterocycles. The standard InChI is InChI=1S/C21H28ClFN2O5Si/c1-21(2,3)31(4,5)30-16-11-29-17-12(10-28-18(16)17)7-6-8-14-15(25-20(26)27)9-13(23)19(22)24-14/h9,12,16-18,25H,7,10-11H2,1-5H3,(H,26,27)/t12?,16-,17-,18-/m1/s1. The number of carbonyl (C=O) groups is 1. The van der Waals surface area contributed by atoms with Crippen LogP contribution in [0, 0.1) is 23.6 Å². The number of fused-ring (bicyclic) bond motifs is 1. The Bertz CT molecular complexity index is 912. The van der Waals surface area contributed by atoms with E-state index in [1.165, 1.54) is 0 Å². The Morgan fingerprint density at radius 3 is 2.71 bits per heavy atom. The van der Waals surface area contributed by atoms with Crippen molar-refractivity contribution in [2.45, 2.75) is 63.6 Å². The highest BCUT2D eigenvalue weighted by Crippen LogP contribution is 2.41. The number of nitrogens with one attached hydrogen (secondary N) is 1. The van der Waals surface area contributed by atoms with Crippen molar-refractivity contribution in [3.63, 3.8) is 0 Å². The number of carboxylic acid groups (broad SMARTS) is 1. The number of anilines is 1. The largest absolute Gasteiger partial charge is 0.465 e. The first-order valence-corrected chi connectivity index (χ1v) is 13.4. The molecule has 170 valence electrons. The van der Waals surface area contributed by atoms with Gasteiger partial charge in [-0.15, -0.1) is 0 Å². The van der Waals surface area contributed by atoms with Crippen molar-refractivity contribution in [3.8, 4) is 11.8 Å². The third kappa shape index (κ3) is 5.38. The molecule has 1 amide bonds. The van der Waals surface area contributed by atoms with Gasteiger partial charge in [-0.1, -0.05) is 38.3 Å². The normalized spacial score (nSPS) is 25.6. The molecule has 2 saturated heterocycles. The van der Waals surface area contributed by atoms with Crippen molar-refractivity contribution in [2.75, 3.05) is 18.5 Å². The van der Waals surface area contributed by atoms with Crippen LogP contribution >= 0.6 is 11.6 Å². The fraction of sp³-hybridized carbons (Fsp3) is 0.619. The second-order valence-corrected chi connectivity index (χ2v) is 14.5. The van der Waals surface area contributed by atoms with E-state index in [4.69, 9.17) is 30.6 Å². The first-order chi connectivity index (χ1) is 14.4. The van der Waals surface area contributed by atoms with Gasteiger partial charge in [0.15, 0.2) is 19.3 Å². The maximum atomic E-state index is 13.6. The van der Waals surface area contributed by atoms with E-state index in [-0.39, 0.29) is 45.8 Å². The lowest BCUT2D eigenvalue weighted by atomic mass is 9.98. The molecule has 0 saturated carbocycles. The molecule has 0 bridgehead atoms. The van der Waals surface area contributed by atoms with Gasteiger partial charge in [-0.3, -0.25) is 5.32 Å². The monoisotopic (exact) mass is 470 g/mol. The van der Waals surface area contributed by atoms with Crippen LogP contribution in [0.2, 0.25) is 23.3 Å². The number of nitrogens with zero attached hydrogens (tertiary/aromatic N) is 1. The van der Waals surface area contributed by atoms with Crippen molar-refractivity contribution in [1.82, 2.24) is 4.98 Å². The summed E-state index contributed by atoms with van der Waals surface area (Å²) >= 11 is 5.72. The molecule has 1 unspecified atom stereocenters. The van der Waals surface area contributed by atoms with Crippen molar-refractivity contribution in [1.29, 1.82) is 0 Å². The van der Waals surface area contributed by atoms with Crippen LogP contribution in [0.15, 0.2) is 6.07 Å². The smallest absolute Gasteiger partial charge is 0.409 e. The summed E-state index contributed by atoms with van der Waals surface area (Å²) in [6.07, 6.45) is -1.20. The van der Waals surface area contributed by atoms with Crippen LogP contribution in [0.5, 0.6) is 0 Å². The predicted molar refractivity (Wildman–Crippen MR) is 117 cm³/mol. The highest BCUT2D eigenvalue weighted by atomic mass is 35.5. The van der Waals surface area contributed by atoms with Crippen molar-refractivity contribution >= 4 is 31.7 Å². The molecule has 2 N–H and O–H groups in total. The number of ether oxygens (including phenoxy) is 2. The Hall–Kier alpha value is -1.70. The molecule has 1 aromatic heterocycles. The highest BCUT2D eigenvalue weighted by Gasteiger charge is 2.51. The molecule has 4 atom stereocenters. The summed E-state index contributed by atoms with van der Waals surface area (Å²) in [5, 5.41) is 10.7. The Morgan fingerprint density at radius 1 is 1.39 bits per heavy atom. The number of aromatic nitrogens is 1. The molecule has 31 heavy (non-hydrogen) atoms. The maximum absolute atomic E-state index is 13.6. The molecule has 7 nitrogen and oxygen atoms in total. The summed E-state index contributed by atoms with van der Waals surface area (Å²) in [6, 6.07) is 0.963. The van der Waals surface area contributed by atoms with Gasteiger partial charge in [-0.05, 0) is 24.1 Å². The summed E-state index contributed by atoms with van der Waals surface area (Å²) in [5.74, 6) is 5.00. The fourth-order valence-electron chi connectivity index (χ4n) is 3.41. The molecule has 0 aliphatic carbocycles. The van der Waals surface area contributed by atoms with Crippen LogP contribution in [-0.2, 0) is 13.9 Å². The summed E-state index contributed by atoms with van der Waals surface area (Å²) in [7, 11) is -1.95. The number of hydrogen-bond donors (Lipinski definition) is 2. The molecule has 2 fully saturated rings. The lowest BCUT2D eigenvalue weighted by Gasteiger charge is -2.39. The van der Waals surface area contributed by atoms with Gasteiger partial charge in [0.1, 0.15) is 11.8 Å². The highest BCUT2D eigenvalue weighted by molar-refractivity contribution is 6.74. The fourth-order valence-corrected chi connectivity index (χ4v) is 4.86. The Morgan fingerprint density at radius 2 is 2.06 bits per heavy atom. The molecule has 10 heteroatoms. The van der Waals surface area contributed by atoms with Crippen LogP contribution < -0.4 is 5.32 Å². The quantitative estimate of drug-likeness (QED) is 0.382. The third-order valence-electron chi connectivity index (χ3n) is 6.11. The molecular weight excluding hydrogens is 443 g/mol. The minimum Gasteiger partial charge on any atom is -0.465 e. The number of rotatable bonds is 4. The lowest BCUT2D eigenvalue weighted by molar-refractivity contribution is 0.0231.